The highest BCUT2D eigenvalue weighted by Gasteiger charge is 2.03. The van der Waals surface area contributed by atoms with E-state index in [1.54, 1.807) is 0 Å². The van der Waals surface area contributed by atoms with Crippen LogP contribution in [0.15, 0.2) is 36.5 Å². The first-order valence-corrected chi connectivity index (χ1v) is 5.11. The number of pyridine rings is 1. The van der Waals surface area contributed by atoms with Crippen molar-refractivity contribution in [1.29, 1.82) is 0 Å². The highest BCUT2D eigenvalue weighted by Crippen LogP contribution is 2.18. The van der Waals surface area contributed by atoms with Gasteiger partial charge in [0.25, 0.3) is 0 Å². The second kappa shape index (κ2) is 3.17. The molecule has 3 rings (SSSR count). The molecule has 0 unspecified atom stereocenters. The second-order valence-electron chi connectivity index (χ2n) is 3.88. The largest absolute Gasteiger partial charge is 0.299 e. The van der Waals surface area contributed by atoms with Crippen LogP contribution in [-0.2, 0) is 0 Å². The number of fused-ring (bicyclic) bond motifs is 3. The second-order valence-corrected chi connectivity index (χ2v) is 3.88. The summed E-state index contributed by atoms with van der Waals surface area (Å²) in [4.78, 5) is 15.2. The van der Waals surface area contributed by atoms with Crippen molar-refractivity contribution in [2.45, 2.75) is 6.92 Å². The zero-order valence-corrected chi connectivity index (χ0v) is 8.84. The molecule has 0 bridgehead atoms. The number of hydrogen-bond acceptors (Lipinski definition) is 2. The molecule has 0 aliphatic carbocycles. The van der Waals surface area contributed by atoms with E-state index in [0.717, 1.165) is 28.5 Å². The number of aldehydes is 1. The summed E-state index contributed by atoms with van der Waals surface area (Å²) < 4.78 is 2.01. The van der Waals surface area contributed by atoms with E-state index in [0.29, 0.717) is 5.56 Å². The number of nitrogens with zero attached hydrogens (tertiary/aromatic N) is 2. The van der Waals surface area contributed by atoms with Gasteiger partial charge in [0, 0.05) is 11.8 Å². The average molecular weight is 210 g/mol. The van der Waals surface area contributed by atoms with Crippen molar-refractivity contribution in [3.63, 3.8) is 0 Å². The smallest absolute Gasteiger partial charge is 0.150 e. The van der Waals surface area contributed by atoms with Gasteiger partial charge in [-0.25, -0.2) is 4.98 Å². The normalized spacial score (nSPS) is 11.1. The number of benzene rings is 1. The third-order valence-electron chi connectivity index (χ3n) is 2.72. The van der Waals surface area contributed by atoms with Gasteiger partial charge < -0.3 is 0 Å². The first kappa shape index (κ1) is 9.09. The van der Waals surface area contributed by atoms with Crippen molar-refractivity contribution in [2.75, 3.05) is 0 Å². The molecule has 16 heavy (non-hydrogen) atoms. The molecule has 78 valence electrons. The van der Waals surface area contributed by atoms with Crippen LogP contribution in [0.25, 0.3) is 16.6 Å². The molecule has 3 aromatic rings. The van der Waals surface area contributed by atoms with Gasteiger partial charge in [0.2, 0.25) is 0 Å². The molecule has 3 nitrogen and oxygen atoms in total. The summed E-state index contributed by atoms with van der Waals surface area (Å²) in [5, 5.41) is 1.11. The van der Waals surface area contributed by atoms with Crippen molar-refractivity contribution >= 4 is 22.8 Å². The number of rotatable bonds is 1. The lowest BCUT2D eigenvalue weighted by Crippen LogP contribution is -1.88. The van der Waals surface area contributed by atoms with E-state index >= 15 is 0 Å². The number of aromatic nitrogens is 2. The van der Waals surface area contributed by atoms with Crippen LogP contribution in [0.4, 0.5) is 0 Å². The van der Waals surface area contributed by atoms with Crippen molar-refractivity contribution in [3.05, 3.63) is 47.8 Å². The van der Waals surface area contributed by atoms with Crippen LogP contribution in [0.3, 0.4) is 0 Å². The Morgan fingerprint density at radius 2 is 2.06 bits per heavy atom. The van der Waals surface area contributed by atoms with Crippen LogP contribution >= 0.6 is 0 Å². The number of carbonyl (C=O) groups excluding carboxylic acids is 1. The summed E-state index contributed by atoms with van der Waals surface area (Å²) in [5.41, 5.74) is 3.59. The fourth-order valence-electron chi connectivity index (χ4n) is 1.97. The van der Waals surface area contributed by atoms with Gasteiger partial charge in [-0.15, -0.1) is 0 Å². The van der Waals surface area contributed by atoms with E-state index in [1.165, 1.54) is 0 Å². The van der Waals surface area contributed by atoms with E-state index in [1.807, 2.05) is 47.9 Å². The molecule has 0 atom stereocenters. The molecule has 0 N–H and O–H groups in total. The van der Waals surface area contributed by atoms with Gasteiger partial charge in [-0.3, -0.25) is 9.20 Å². The molecule has 0 aliphatic heterocycles. The molecule has 1 aromatic carbocycles. The first-order valence-electron chi connectivity index (χ1n) is 5.11. The summed E-state index contributed by atoms with van der Waals surface area (Å²) in [6.07, 6.45) is 2.84. The maximum absolute atomic E-state index is 10.8. The van der Waals surface area contributed by atoms with Gasteiger partial charge in [0.1, 0.15) is 11.9 Å². The SMILES string of the molecule is Cc1cn2c(ccc3ccc(C=O)cc32)n1. The highest BCUT2D eigenvalue weighted by molar-refractivity contribution is 5.88. The lowest BCUT2D eigenvalue weighted by Gasteiger charge is -2.02. The monoisotopic (exact) mass is 210 g/mol. The predicted molar refractivity (Wildman–Crippen MR) is 62.8 cm³/mol. The summed E-state index contributed by atoms with van der Waals surface area (Å²) in [7, 11) is 0. The quantitative estimate of drug-likeness (QED) is 0.578. The van der Waals surface area contributed by atoms with Crippen LogP contribution in [0.1, 0.15) is 16.1 Å². The van der Waals surface area contributed by atoms with Gasteiger partial charge >= 0.3 is 0 Å². The molecule has 0 amide bonds. The van der Waals surface area contributed by atoms with E-state index < -0.39 is 0 Å². The Balaban J connectivity index is 2.51. The van der Waals surface area contributed by atoms with Crippen LogP contribution < -0.4 is 0 Å². The van der Waals surface area contributed by atoms with Crippen molar-refractivity contribution in [2.24, 2.45) is 0 Å². The Hall–Kier alpha value is -2.16. The topological polar surface area (TPSA) is 34.4 Å². The Kier molecular flexibility index (Phi) is 1.80. The van der Waals surface area contributed by atoms with E-state index in [4.69, 9.17) is 0 Å². The molecule has 0 radical (unpaired) electrons. The molecular weight excluding hydrogens is 200 g/mol. The van der Waals surface area contributed by atoms with Crippen molar-refractivity contribution in [1.82, 2.24) is 9.38 Å². The lowest BCUT2D eigenvalue weighted by atomic mass is 10.1. The van der Waals surface area contributed by atoms with Gasteiger partial charge in [0.05, 0.1) is 11.2 Å². The highest BCUT2D eigenvalue weighted by atomic mass is 16.1. The van der Waals surface area contributed by atoms with E-state index in [2.05, 4.69) is 4.98 Å². The Morgan fingerprint density at radius 1 is 1.25 bits per heavy atom. The number of hydrogen-bond donors (Lipinski definition) is 0. The Bertz CT molecular complexity index is 698. The molecule has 2 heterocycles. The van der Waals surface area contributed by atoms with Crippen molar-refractivity contribution < 1.29 is 4.79 Å². The molecule has 0 aliphatic rings. The number of imidazole rings is 1. The van der Waals surface area contributed by atoms with Gasteiger partial charge in [-0.2, -0.15) is 0 Å². The lowest BCUT2D eigenvalue weighted by molar-refractivity contribution is 0.112. The summed E-state index contributed by atoms with van der Waals surface area (Å²) >= 11 is 0. The molecular formula is C13H10N2O. The summed E-state index contributed by atoms with van der Waals surface area (Å²) in [5.74, 6) is 0. The average Bonchev–Trinajstić information content (AvgIpc) is 2.69. The summed E-state index contributed by atoms with van der Waals surface area (Å²) in [6.45, 7) is 1.96. The predicted octanol–water partition coefficient (Wildman–Crippen LogP) is 2.61. The van der Waals surface area contributed by atoms with Crippen molar-refractivity contribution in [3.8, 4) is 0 Å². The van der Waals surface area contributed by atoms with Crippen LogP contribution in [0, 0.1) is 6.92 Å². The minimum absolute atomic E-state index is 0.686. The van der Waals surface area contributed by atoms with Crippen LogP contribution in [0.5, 0.6) is 0 Å². The minimum atomic E-state index is 0.686. The molecule has 0 spiro atoms. The fourth-order valence-corrected chi connectivity index (χ4v) is 1.97. The molecule has 2 aromatic heterocycles. The van der Waals surface area contributed by atoms with E-state index in [9.17, 15) is 4.79 Å². The number of aryl methyl sites for hydroxylation is 1. The molecule has 3 heteroatoms. The first-order chi connectivity index (χ1) is 7.78. The zero-order chi connectivity index (χ0) is 11.1. The van der Waals surface area contributed by atoms with Crippen LogP contribution in [0.2, 0.25) is 0 Å². The third kappa shape index (κ3) is 1.21. The standard InChI is InChI=1S/C13H10N2O/c1-9-7-15-12-6-10(8-16)2-3-11(12)4-5-13(15)14-9/h2-8H,1H3. The maximum atomic E-state index is 10.8. The van der Waals surface area contributed by atoms with Gasteiger partial charge in [-0.1, -0.05) is 12.1 Å². The third-order valence-corrected chi connectivity index (χ3v) is 2.72. The van der Waals surface area contributed by atoms with Crippen LogP contribution in [-0.4, -0.2) is 15.7 Å². The fraction of sp³-hybridized carbons (Fsp3) is 0.0769. The minimum Gasteiger partial charge on any atom is -0.299 e. The molecule has 0 fully saturated rings. The van der Waals surface area contributed by atoms with E-state index in [-0.39, 0.29) is 0 Å². The van der Waals surface area contributed by atoms with Gasteiger partial charge in [0.15, 0.2) is 0 Å². The Labute approximate surface area is 92.3 Å². The maximum Gasteiger partial charge on any atom is 0.150 e. The molecule has 0 saturated carbocycles. The zero-order valence-electron chi connectivity index (χ0n) is 8.84. The molecule has 0 saturated heterocycles. The summed E-state index contributed by atoms with van der Waals surface area (Å²) in [6, 6.07) is 9.66. The Morgan fingerprint density at radius 3 is 2.88 bits per heavy atom. The van der Waals surface area contributed by atoms with Gasteiger partial charge in [-0.05, 0) is 30.5 Å². The number of carbonyl (C=O) groups is 1.